The van der Waals surface area contributed by atoms with Crippen molar-refractivity contribution < 1.29 is 9.53 Å². The fraction of sp³-hybridized carbons (Fsp3) is 0.700. The quantitative estimate of drug-likeness (QED) is 0.272. The molecule has 0 amide bonds. The van der Waals surface area contributed by atoms with Crippen LogP contribution in [0.25, 0.3) is 0 Å². The number of carbonyl (C=O) groups excluding carboxylic acids is 1. The summed E-state index contributed by atoms with van der Waals surface area (Å²) in [6.45, 7) is 7.98. The fourth-order valence-corrected chi connectivity index (χ4v) is 2.40. The lowest BCUT2D eigenvalue weighted by molar-refractivity contribution is -0.138. The van der Waals surface area contributed by atoms with Crippen LogP contribution < -0.4 is 0 Å². The van der Waals surface area contributed by atoms with E-state index in [1.165, 1.54) is 18.5 Å². The Morgan fingerprint density at radius 3 is 2.69 bits per heavy atom. The van der Waals surface area contributed by atoms with Gasteiger partial charge in [0, 0.05) is 15.1 Å². The molecule has 0 saturated carbocycles. The zero-order valence-corrected chi connectivity index (χ0v) is 10.2. The largest absolute Gasteiger partial charge is 0.462 e. The third-order valence-electron chi connectivity index (χ3n) is 1.83. The summed E-state index contributed by atoms with van der Waals surface area (Å²) in [5, 5.41) is 0. The highest BCUT2D eigenvalue weighted by Gasteiger charge is 2.01. The molecule has 0 radical (unpaired) electrons. The highest BCUT2D eigenvalue weighted by atomic mass is 28.2. The predicted octanol–water partition coefficient (Wildman–Crippen LogP) is 1.91. The standard InChI is InChI=1S/C10H20O2Si/c1-4-7-13-8-5-6-12-10(11)9(2)3/h2,4-8,13H2,1,3H3. The molecule has 2 nitrogen and oxygen atoms in total. The molecule has 0 aliphatic carbocycles. The Hall–Kier alpha value is -0.573. The summed E-state index contributed by atoms with van der Waals surface area (Å²) in [7, 11) is 0.133. The summed E-state index contributed by atoms with van der Waals surface area (Å²) >= 11 is 0. The van der Waals surface area contributed by atoms with Gasteiger partial charge in [0.05, 0.1) is 6.61 Å². The second-order valence-corrected chi connectivity index (χ2v) is 5.45. The Kier molecular flexibility index (Phi) is 7.69. The van der Waals surface area contributed by atoms with Crippen molar-refractivity contribution in [3.63, 3.8) is 0 Å². The molecule has 0 aromatic heterocycles. The molecular formula is C10H20O2Si. The minimum atomic E-state index is -0.253. The SMILES string of the molecule is C=C(C)C(=O)OCCC[SiH2]CCC. The van der Waals surface area contributed by atoms with Crippen molar-refractivity contribution in [2.24, 2.45) is 0 Å². The van der Waals surface area contributed by atoms with E-state index in [4.69, 9.17) is 4.74 Å². The second kappa shape index (κ2) is 8.04. The van der Waals surface area contributed by atoms with Crippen LogP contribution in [0.1, 0.15) is 26.7 Å². The molecule has 0 bridgehead atoms. The van der Waals surface area contributed by atoms with Crippen molar-refractivity contribution in [3.05, 3.63) is 12.2 Å². The van der Waals surface area contributed by atoms with E-state index in [-0.39, 0.29) is 15.5 Å². The summed E-state index contributed by atoms with van der Waals surface area (Å²) < 4.78 is 4.97. The van der Waals surface area contributed by atoms with Crippen LogP contribution >= 0.6 is 0 Å². The van der Waals surface area contributed by atoms with Crippen molar-refractivity contribution >= 4 is 15.5 Å². The smallest absolute Gasteiger partial charge is 0.333 e. The highest BCUT2D eigenvalue weighted by Crippen LogP contribution is 1.98. The Morgan fingerprint density at radius 1 is 1.46 bits per heavy atom. The van der Waals surface area contributed by atoms with E-state index in [1.807, 2.05) is 0 Å². The second-order valence-electron chi connectivity index (χ2n) is 3.33. The summed E-state index contributed by atoms with van der Waals surface area (Å²) in [4.78, 5) is 10.9. The highest BCUT2D eigenvalue weighted by molar-refractivity contribution is 6.35. The van der Waals surface area contributed by atoms with E-state index >= 15 is 0 Å². The minimum Gasteiger partial charge on any atom is -0.462 e. The Labute approximate surface area is 83.2 Å². The summed E-state index contributed by atoms with van der Waals surface area (Å²) in [5.41, 5.74) is 0.491. The van der Waals surface area contributed by atoms with Crippen molar-refractivity contribution in [1.82, 2.24) is 0 Å². The van der Waals surface area contributed by atoms with E-state index in [9.17, 15) is 4.79 Å². The van der Waals surface area contributed by atoms with Gasteiger partial charge in [0.1, 0.15) is 0 Å². The first-order valence-electron chi connectivity index (χ1n) is 5.01. The third kappa shape index (κ3) is 7.78. The molecular weight excluding hydrogens is 180 g/mol. The number of ether oxygens (including phenoxy) is 1. The molecule has 0 unspecified atom stereocenters. The summed E-state index contributed by atoms with van der Waals surface area (Å²) in [5.74, 6) is -0.253. The Bertz CT molecular complexity index is 166. The maximum Gasteiger partial charge on any atom is 0.333 e. The van der Waals surface area contributed by atoms with Gasteiger partial charge in [0.15, 0.2) is 0 Å². The van der Waals surface area contributed by atoms with Crippen LogP contribution in [0.2, 0.25) is 12.1 Å². The Morgan fingerprint density at radius 2 is 2.15 bits per heavy atom. The molecule has 0 fully saturated rings. The van der Waals surface area contributed by atoms with Gasteiger partial charge in [-0.15, -0.1) is 0 Å². The molecule has 0 rings (SSSR count). The van der Waals surface area contributed by atoms with E-state index < -0.39 is 0 Å². The molecule has 0 aromatic carbocycles. The molecule has 0 spiro atoms. The molecule has 0 aliphatic heterocycles. The van der Waals surface area contributed by atoms with Gasteiger partial charge in [-0.2, -0.15) is 0 Å². The topological polar surface area (TPSA) is 26.3 Å². The molecule has 0 heterocycles. The summed E-state index contributed by atoms with van der Waals surface area (Å²) in [6, 6.07) is 2.70. The maximum atomic E-state index is 10.9. The number of rotatable bonds is 7. The third-order valence-corrected chi connectivity index (χ3v) is 4.04. The van der Waals surface area contributed by atoms with E-state index in [0.29, 0.717) is 12.2 Å². The number of hydrogen-bond acceptors (Lipinski definition) is 2. The maximum absolute atomic E-state index is 10.9. The van der Waals surface area contributed by atoms with Gasteiger partial charge in [0.25, 0.3) is 0 Å². The van der Waals surface area contributed by atoms with Gasteiger partial charge in [-0.3, -0.25) is 0 Å². The van der Waals surface area contributed by atoms with Crippen LogP contribution in [0.5, 0.6) is 0 Å². The van der Waals surface area contributed by atoms with Crippen molar-refractivity contribution in [2.45, 2.75) is 38.8 Å². The van der Waals surface area contributed by atoms with E-state index in [1.54, 1.807) is 6.92 Å². The van der Waals surface area contributed by atoms with Gasteiger partial charge >= 0.3 is 5.97 Å². The van der Waals surface area contributed by atoms with Crippen LogP contribution in [-0.2, 0) is 9.53 Å². The van der Waals surface area contributed by atoms with Crippen molar-refractivity contribution in [2.75, 3.05) is 6.61 Å². The first kappa shape index (κ1) is 12.4. The summed E-state index contributed by atoms with van der Waals surface area (Å²) in [6.07, 6.45) is 2.34. The lowest BCUT2D eigenvalue weighted by atomic mass is 10.4. The lowest BCUT2D eigenvalue weighted by Crippen LogP contribution is -2.06. The molecule has 0 N–H and O–H groups in total. The van der Waals surface area contributed by atoms with Crippen LogP contribution in [0.3, 0.4) is 0 Å². The van der Waals surface area contributed by atoms with E-state index in [2.05, 4.69) is 13.5 Å². The van der Waals surface area contributed by atoms with Crippen molar-refractivity contribution in [1.29, 1.82) is 0 Å². The van der Waals surface area contributed by atoms with Gasteiger partial charge < -0.3 is 4.74 Å². The molecule has 3 heteroatoms. The molecule has 13 heavy (non-hydrogen) atoms. The molecule has 76 valence electrons. The minimum absolute atomic E-state index is 0.133. The fourth-order valence-electron chi connectivity index (χ4n) is 0.994. The Balaban J connectivity index is 3.16. The first-order valence-corrected chi connectivity index (χ1v) is 7.01. The van der Waals surface area contributed by atoms with Gasteiger partial charge in [-0.05, 0) is 13.3 Å². The van der Waals surface area contributed by atoms with Crippen LogP contribution in [0.15, 0.2) is 12.2 Å². The lowest BCUT2D eigenvalue weighted by Gasteiger charge is -2.03. The average Bonchev–Trinajstić information content (AvgIpc) is 2.10. The molecule has 0 aliphatic rings. The molecule has 0 saturated heterocycles. The van der Waals surface area contributed by atoms with Gasteiger partial charge in [-0.1, -0.05) is 32.0 Å². The van der Waals surface area contributed by atoms with Crippen LogP contribution in [-0.4, -0.2) is 22.1 Å². The zero-order valence-electron chi connectivity index (χ0n) is 8.77. The molecule has 0 aromatic rings. The number of hydrogen-bond donors (Lipinski definition) is 0. The van der Waals surface area contributed by atoms with Gasteiger partial charge in [-0.25, -0.2) is 4.79 Å². The van der Waals surface area contributed by atoms with Crippen molar-refractivity contribution in [3.8, 4) is 0 Å². The van der Waals surface area contributed by atoms with Gasteiger partial charge in [0.2, 0.25) is 0 Å². The van der Waals surface area contributed by atoms with E-state index in [0.717, 1.165) is 6.42 Å². The predicted molar refractivity (Wildman–Crippen MR) is 58.8 cm³/mol. The number of carbonyl (C=O) groups is 1. The number of esters is 1. The normalized spacial score (nSPS) is 10.6. The zero-order chi connectivity index (χ0) is 10.1. The molecule has 0 atom stereocenters. The first-order chi connectivity index (χ1) is 6.18. The monoisotopic (exact) mass is 200 g/mol. The average molecular weight is 200 g/mol. The van der Waals surface area contributed by atoms with Crippen LogP contribution in [0, 0.1) is 0 Å². The van der Waals surface area contributed by atoms with Crippen LogP contribution in [0.4, 0.5) is 0 Å².